The first kappa shape index (κ1) is 19.1. The van der Waals surface area contributed by atoms with E-state index >= 15 is 0 Å². The molecule has 0 bridgehead atoms. The van der Waals surface area contributed by atoms with E-state index in [0.717, 1.165) is 30.5 Å². The van der Waals surface area contributed by atoms with Crippen molar-refractivity contribution >= 4 is 22.4 Å². The maximum Gasteiger partial charge on any atom is 0.264 e. The highest BCUT2D eigenvalue weighted by atomic mass is 32.1. The minimum atomic E-state index is -0.213. The number of carbonyl (C=O) groups excluding carboxylic acids is 1. The van der Waals surface area contributed by atoms with Crippen LogP contribution in [0.2, 0.25) is 0 Å². The highest BCUT2D eigenvalue weighted by Gasteiger charge is 2.09. The Kier molecular flexibility index (Phi) is 6.60. The highest BCUT2D eigenvalue weighted by molar-refractivity contribution is 7.14. The minimum Gasteiger partial charge on any atom is -0.484 e. The Morgan fingerprint density at radius 2 is 1.74 bits per heavy atom. The van der Waals surface area contributed by atoms with E-state index in [1.807, 2.05) is 29.6 Å². The Balaban J connectivity index is 1.52. The lowest BCUT2D eigenvalue weighted by atomic mass is 10.1. The maximum absolute atomic E-state index is 12.1. The van der Waals surface area contributed by atoms with Gasteiger partial charge in [0.25, 0.3) is 5.91 Å². The maximum atomic E-state index is 12.1. The highest BCUT2D eigenvalue weighted by Crippen LogP contribution is 2.25. The fourth-order valence-corrected chi connectivity index (χ4v) is 3.46. The molecule has 1 heterocycles. The van der Waals surface area contributed by atoms with E-state index < -0.39 is 0 Å². The zero-order valence-corrected chi connectivity index (χ0v) is 16.5. The van der Waals surface area contributed by atoms with Gasteiger partial charge >= 0.3 is 0 Å². The lowest BCUT2D eigenvalue weighted by Gasteiger charge is -2.06. The first-order valence-corrected chi connectivity index (χ1v) is 10.1. The molecule has 0 aliphatic heterocycles. The predicted molar refractivity (Wildman–Crippen MR) is 111 cm³/mol. The van der Waals surface area contributed by atoms with Gasteiger partial charge in [-0.25, -0.2) is 4.98 Å². The summed E-state index contributed by atoms with van der Waals surface area (Å²) in [4.78, 5) is 16.6. The van der Waals surface area contributed by atoms with Crippen LogP contribution in [0.5, 0.6) is 5.75 Å². The van der Waals surface area contributed by atoms with Crippen LogP contribution >= 0.6 is 11.3 Å². The summed E-state index contributed by atoms with van der Waals surface area (Å²) in [5.41, 5.74) is 4.48. The van der Waals surface area contributed by atoms with Crippen molar-refractivity contribution in [2.75, 3.05) is 11.9 Å². The van der Waals surface area contributed by atoms with Crippen LogP contribution in [-0.2, 0) is 17.6 Å². The molecule has 0 unspecified atom stereocenters. The second-order valence-electron chi connectivity index (χ2n) is 6.32. The number of ether oxygens (including phenoxy) is 1. The fourth-order valence-electron chi connectivity index (χ4n) is 2.72. The Hall–Kier alpha value is -2.66. The van der Waals surface area contributed by atoms with Crippen LogP contribution in [0, 0.1) is 0 Å². The number of nitrogens with one attached hydrogen (secondary N) is 1. The van der Waals surface area contributed by atoms with Crippen molar-refractivity contribution in [2.45, 2.75) is 33.1 Å². The van der Waals surface area contributed by atoms with Gasteiger partial charge in [0.05, 0.1) is 5.69 Å². The molecule has 1 N–H and O–H groups in total. The average molecular weight is 381 g/mol. The number of rotatable bonds is 8. The molecule has 0 atom stereocenters. The monoisotopic (exact) mass is 380 g/mol. The molecule has 0 aliphatic rings. The van der Waals surface area contributed by atoms with Crippen molar-refractivity contribution in [3.05, 3.63) is 65.0 Å². The van der Waals surface area contributed by atoms with Gasteiger partial charge in [0.1, 0.15) is 5.75 Å². The lowest BCUT2D eigenvalue weighted by Crippen LogP contribution is -2.20. The summed E-state index contributed by atoms with van der Waals surface area (Å²) in [6.45, 7) is 4.25. The largest absolute Gasteiger partial charge is 0.484 e. The molecular weight excluding hydrogens is 356 g/mol. The Bertz CT molecular complexity index is 870. The van der Waals surface area contributed by atoms with Crippen LogP contribution in [0.15, 0.2) is 53.9 Å². The number of aromatic nitrogens is 1. The number of anilines is 1. The van der Waals surface area contributed by atoms with E-state index in [1.54, 1.807) is 0 Å². The predicted octanol–water partition coefficient (Wildman–Crippen LogP) is 5.34. The zero-order chi connectivity index (χ0) is 19.1. The number of thiazole rings is 1. The molecule has 0 aliphatic carbocycles. The van der Waals surface area contributed by atoms with Crippen LogP contribution in [-0.4, -0.2) is 17.5 Å². The molecule has 4 nitrogen and oxygen atoms in total. The molecular formula is C22H24N2O2S. The van der Waals surface area contributed by atoms with Crippen molar-refractivity contribution in [3.8, 4) is 17.0 Å². The van der Waals surface area contributed by atoms with Crippen LogP contribution in [0.3, 0.4) is 0 Å². The van der Waals surface area contributed by atoms with Crippen LogP contribution in [0.4, 0.5) is 5.13 Å². The van der Waals surface area contributed by atoms with E-state index in [2.05, 4.69) is 48.4 Å². The summed E-state index contributed by atoms with van der Waals surface area (Å²) in [5.74, 6) is 0.482. The molecule has 0 fully saturated rings. The van der Waals surface area contributed by atoms with E-state index in [1.165, 1.54) is 22.5 Å². The topological polar surface area (TPSA) is 51.2 Å². The van der Waals surface area contributed by atoms with Crippen molar-refractivity contribution < 1.29 is 9.53 Å². The van der Waals surface area contributed by atoms with Crippen LogP contribution in [0.1, 0.15) is 31.4 Å². The Morgan fingerprint density at radius 1 is 1.04 bits per heavy atom. The molecule has 0 radical (unpaired) electrons. The van der Waals surface area contributed by atoms with Gasteiger partial charge in [0.2, 0.25) is 0 Å². The van der Waals surface area contributed by atoms with Crippen molar-refractivity contribution in [3.63, 3.8) is 0 Å². The van der Waals surface area contributed by atoms with Gasteiger partial charge in [-0.3, -0.25) is 10.1 Å². The Morgan fingerprint density at radius 3 is 2.41 bits per heavy atom. The molecule has 0 saturated carbocycles. The van der Waals surface area contributed by atoms with Crippen molar-refractivity contribution in [2.24, 2.45) is 0 Å². The SMILES string of the molecule is CCCc1ccc(OCC(=O)Nc2nc(-c3ccc(CC)cc3)cs2)cc1. The first-order chi connectivity index (χ1) is 13.2. The van der Waals surface area contributed by atoms with Crippen molar-refractivity contribution in [1.82, 2.24) is 4.98 Å². The number of nitrogens with zero attached hydrogens (tertiary/aromatic N) is 1. The van der Waals surface area contributed by atoms with Crippen LogP contribution < -0.4 is 10.1 Å². The second kappa shape index (κ2) is 9.33. The average Bonchev–Trinajstić information content (AvgIpc) is 3.16. The number of hydrogen-bond donors (Lipinski definition) is 1. The summed E-state index contributed by atoms with van der Waals surface area (Å²) in [6.07, 6.45) is 3.18. The summed E-state index contributed by atoms with van der Waals surface area (Å²) in [7, 11) is 0. The van der Waals surface area contributed by atoms with E-state index in [4.69, 9.17) is 4.74 Å². The number of aryl methyl sites for hydroxylation is 2. The van der Waals surface area contributed by atoms with Gasteiger partial charge in [-0.05, 0) is 36.1 Å². The summed E-state index contributed by atoms with van der Waals surface area (Å²) in [6, 6.07) is 16.2. The van der Waals surface area contributed by atoms with E-state index in [-0.39, 0.29) is 12.5 Å². The lowest BCUT2D eigenvalue weighted by molar-refractivity contribution is -0.118. The van der Waals surface area contributed by atoms with Gasteiger partial charge in [-0.2, -0.15) is 0 Å². The molecule has 5 heteroatoms. The number of amides is 1. The van der Waals surface area contributed by atoms with Crippen molar-refractivity contribution in [1.29, 1.82) is 0 Å². The summed E-state index contributed by atoms with van der Waals surface area (Å²) in [5, 5.41) is 5.33. The fraction of sp³-hybridized carbons (Fsp3) is 0.273. The molecule has 3 aromatic rings. The third-order valence-corrected chi connectivity index (χ3v) is 5.00. The molecule has 0 spiro atoms. The van der Waals surface area contributed by atoms with Crippen LogP contribution in [0.25, 0.3) is 11.3 Å². The molecule has 3 rings (SSSR count). The molecule has 1 aromatic heterocycles. The van der Waals surface area contributed by atoms with Gasteiger partial charge in [-0.15, -0.1) is 11.3 Å². The quantitative estimate of drug-likeness (QED) is 0.574. The molecule has 2 aromatic carbocycles. The molecule has 140 valence electrons. The van der Waals surface area contributed by atoms with Gasteiger partial charge in [-0.1, -0.05) is 56.7 Å². The molecule has 0 saturated heterocycles. The number of carbonyl (C=O) groups is 1. The third-order valence-electron chi connectivity index (χ3n) is 4.24. The molecule has 27 heavy (non-hydrogen) atoms. The third kappa shape index (κ3) is 5.41. The number of benzene rings is 2. The summed E-state index contributed by atoms with van der Waals surface area (Å²) < 4.78 is 5.55. The standard InChI is InChI=1S/C22H24N2O2S/c1-3-5-17-8-12-19(13-9-17)26-14-21(25)24-22-23-20(15-27-22)18-10-6-16(4-2)7-11-18/h6-13,15H,3-5,14H2,1-2H3,(H,23,24,25). The smallest absolute Gasteiger partial charge is 0.264 e. The van der Waals surface area contributed by atoms with E-state index in [9.17, 15) is 4.79 Å². The number of hydrogen-bond acceptors (Lipinski definition) is 4. The minimum absolute atomic E-state index is 0.0345. The summed E-state index contributed by atoms with van der Waals surface area (Å²) >= 11 is 1.41. The second-order valence-corrected chi connectivity index (χ2v) is 7.18. The van der Waals surface area contributed by atoms with Gasteiger partial charge in [0, 0.05) is 10.9 Å². The zero-order valence-electron chi connectivity index (χ0n) is 15.7. The normalized spacial score (nSPS) is 10.6. The first-order valence-electron chi connectivity index (χ1n) is 9.24. The van der Waals surface area contributed by atoms with Gasteiger partial charge < -0.3 is 4.74 Å². The van der Waals surface area contributed by atoms with E-state index in [0.29, 0.717) is 10.9 Å². The van der Waals surface area contributed by atoms with Gasteiger partial charge in [0.15, 0.2) is 11.7 Å². The Labute approximate surface area is 164 Å². The molecule has 1 amide bonds.